The van der Waals surface area contributed by atoms with Crippen molar-refractivity contribution in [3.63, 3.8) is 0 Å². The minimum atomic E-state index is -0.178. The number of likely N-dealkylation sites (N-methyl/N-ethyl adjacent to an activating group) is 1. The van der Waals surface area contributed by atoms with Gasteiger partial charge in [0.1, 0.15) is 22.5 Å². The molecule has 3 nitrogen and oxygen atoms in total. The molecule has 0 radical (unpaired) electrons. The third-order valence-corrected chi connectivity index (χ3v) is 4.85. The number of aromatic nitrogens is 1. The van der Waals surface area contributed by atoms with Gasteiger partial charge in [-0.25, -0.2) is 9.37 Å². The summed E-state index contributed by atoms with van der Waals surface area (Å²) < 4.78 is 19.6. The molecule has 0 saturated carbocycles. The number of benzene rings is 2. The number of rotatable bonds is 6. The number of ether oxygens (including phenoxy) is 1. The Hall–Kier alpha value is -1.63. The Morgan fingerprint density at radius 2 is 1.84 bits per heavy atom. The fraction of sp³-hybridized carbons (Fsp3) is 0.316. The zero-order chi connectivity index (χ0) is 18.1. The van der Waals surface area contributed by atoms with Crippen LogP contribution in [0.2, 0.25) is 0 Å². The summed E-state index contributed by atoms with van der Waals surface area (Å²) in [4.78, 5) is 6.65. The molecule has 0 unspecified atom stereocenters. The second kappa shape index (κ2) is 10.4. The van der Waals surface area contributed by atoms with E-state index in [2.05, 4.69) is 36.4 Å². The summed E-state index contributed by atoms with van der Waals surface area (Å²) in [6.45, 7) is 8.15. The quantitative estimate of drug-likeness (QED) is 0.602. The molecule has 0 saturated heterocycles. The lowest BCUT2D eigenvalue weighted by Crippen LogP contribution is -2.27. The van der Waals surface area contributed by atoms with Gasteiger partial charge in [-0.1, -0.05) is 32.0 Å². The Morgan fingerprint density at radius 1 is 1.12 bits per heavy atom. The zero-order valence-electron chi connectivity index (χ0n) is 14.5. The Bertz CT molecular complexity index is 760. The summed E-state index contributed by atoms with van der Waals surface area (Å²) in [6.07, 6.45) is 0. The number of halogens is 1. The minimum Gasteiger partial charge on any atom is -0.492 e. The van der Waals surface area contributed by atoms with Crippen molar-refractivity contribution >= 4 is 34.2 Å². The van der Waals surface area contributed by atoms with Gasteiger partial charge in [-0.15, -0.1) is 24.0 Å². The maximum atomic E-state index is 11.9. The largest absolute Gasteiger partial charge is 0.492 e. The van der Waals surface area contributed by atoms with Crippen LogP contribution in [-0.2, 0) is 0 Å². The zero-order valence-corrected chi connectivity index (χ0v) is 16.2. The molecule has 0 atom stereocenters. The van der Waals surface area contributed by atoms with Crippen LogP contribution in [-0.4, -0.2) is 36.1 Å². The molecule has 2 aromatic carbocycles. The van der Waals surface area contributed by atoms with E-state index in [1.165, 1.54) is 12.1 Å². The first-order chi connectivity index (χ1) is 12.1. The molecule has 25 heavy (non-hydrogen) atoms. The van der Waals surface area contributed by atoms with E-state index in [0.29, 0.717) is 0 Å². The normalized spacial score (nSPS) is 10.6. The van der Waals surface area contributed by atoms with E-state index < -0.39 is 0 Å². The Kier molecular flexibility index (Phi) is 8.18. The third-order valence-electron chi connectivity index (χ3n) is 3.65. The molecule has 0 aliphatic rings. The lowest BCUT2D eigenvalue weighted by Gasteiger charge is -2.17. The van der Waals surface area contributed by atoms with E-state index in [4.69, 9.17) is 4.74 Å². The van der Waals surface area contributed by atoms with Crippen molar-refractivity contribution in [1.82, 2.24) is 9.88 Å². The molecule has 0 bridgehead atoms. The molecule has 0 aliphatic carbocycles. The average molecular weight is 379 g/mol. The molecule has 3 rings (SSSR count). The second-order valence-electron chi connectivity index (χ2n) is 5.30. The standard InChI is InChI=1S/C13H18N2OS2.C6H5F/c1-3-15(4-2)7-8-16-10-5-6-11-12(9-10)18-13(17)14-11;7-6-4-2-1-3-5-6/h5-6,9H,3-4,7-8H2,1-2H3,(H,14,17);1-5H. The van der Waals surface area contributed by atoms with Crippen LogP contribution in [0.15, 0.2) is 52.9 Å². The van der Waals surface area contributed by atoms with Crippen LogP contribution < -0.4 is 4.74 Å². The van der Waals surface area contributed by atoms with E-state index in [1.54, 1.807) is 29.5 Å². The van der Waals surface area contributed by atoms with E-state index in [9.17, 15) is 4.39 Å². The molecular formula is C19H23FN2OS2. The fourth-order valence-electron chi connectivity index (χ4n) is 2.23. The summed E-state index contributed by atoms with van der Waals surface area (Å²) in [6, 6.07) is 13.9. The summed E-state index contributed by atoms with van der Waals surface area (Å²) >= 11 is 5.84. The Labute approximate surface area is 157 Å². The highest BCUT2D eigenvalue weighted by Crippen LogP contribution is 2.27. The van der Waals surface area contributed by atoms with Gasteiger partial charge in [-0.05, 0) is 43.4 Å². The molecule has 0 aliphatic heterocycles. The first-order valence-corrected chi connectivity index (χ1v) is 9.54. The molecule has 6 heteroatoms. The van der Waals surface area contributed by atoms with Crippen LogP contribution in [0.25, 0.3) is 10.2 Å². The van der Waals surface area contributed by atoms with Gasteiger partial charge in [0.05, 0.1) is 10.2 Å². The number of fused-ring (bicyclic) bond motifs is 1. The summed E-state index contributed by atoms with van der Waals surface area (Å²) in [5.41, 5.74) is 0.987. The monoisotopic (exact) mass is 378 g/mol. The second-order valence-corrected chi connectivity index (χ2v) is 7.05. The van der Waals surface area contributed by atoms with Crippen molar-refractivity contribution in [3.05, 3.63) is 54.3 Å². The van der Waals surface area contributed by atoms with E-state index >= 15 is 0 Å². The van der Waals surface area contributed by atoms with Crippen LogP contribution in [0.1, 0.15) is 13.8 Å². The first kappa shape index (κ1) is 19.7. The fourth-order valence-corrected chi connectivity index (χ4v) is 3.37. The Morgan fingerprint density at radius 3 is 2.44 bits per heavy atom. The van der Waals surface area contributed by atoms with Gasteiger partial charge in [0.25, 0.3) is 0 Å². The van der Waals surface area contributed by atoms with Gasteiger partial charge in [0.2, 0.25) is 0 Å². The number of thiol groups is 1. The van der Waals surface area contributed by atoms with Crippen LogP contribution >= 0.6 is 24.0 Å². The molecule has 0 N–H and O–H groups in total. The van der Waals surface area contributed by atoms with Gasteiger partial charge < -0.3 is 9.64 Å². The SMILES string of the molecule is CCN(CC)CCOc1ccc2nc(S)sc2c1.Fc1ccccc1. The molecule has 1 aromatic heterocycles. The number of nitrogens with zero attached hydrogens (tertiary/aromatic N) is 2. The van der Waals surface area contributed by atoms with E-state index in [1.807, 2.05) is 18.2 Å². The average Bonchev–Trinajstić information content (AvgIpc) is 2.99. The van der Waals surface area contributed by atoms with Crippen molar-refractivity contribution in [2.24, 2.45) is 0 Å². The van der Waals surface area contributed by atoms with Gasteiger partial charge in [-0.2, -0.15) is 0 Å². The van der Waals surface area contributed by atoms with Gasteiger partial charge >= 0.3 is 0 Å². The summed E-state index contributed by atoms with van der Waals surface area (Å²) in [7, 11) is 0. The highest BCUT2D eigenvalue weighted by molar-refractivity contribution is 7.82. The van der Waals surface area contributed by atoms with Crippen LogP contribution in [0.5, 0.6) is 5.75 Å². The predicted molar refractivity (Wildman–Crippen MR) is 107 cm³/mol. The number of thiazole rings is 1. The number of hydrogen-bond donors (Lipinski definition) is 1. The van der Waals surface area contributed by atoms with Crippen LogP contribution in [0, 0.1) is 5.82 Å². The smallest absolute Gasteiger partial charge is 0.148 e. The highest BCUT2D eigenvalue weighted by Gasteiger charge is 2.04. The topological polar surface area (TPSA) is 25.4 Å². The predicted octanol–water partition coefficient (Wildman–Crippen LogP) is 5.13. The third kappa shape index (κ3) is 6.65. The molecule has 134 valence electrons. The molecule has 3 aromatic rings. The summed E-state index contributed by atoms with van der Waals surface area (Å²) in [5.74, 6) is 0.731. The maximum Gasteiger partial charge on any atom is 0.148 e. The van der Waals surface area contributed by atoms with Gasteiger partial charge in [0.15, 0.2) is 0 Å². The maximum absolute atomic E-state index is 11.9. The van der Waals surface area contributed by atoms with Crippen LogP contribution in [0.3, 0.4) is 0 Å². The molecule has 1 heterocycles. The van der Waals surface area contributed by atoms with Crippen molar-refractivity contribution in [3.8, 4) is 5.75 Å². The van der Waals surface area contributed by atoms with Crippen molar-refractivity contribution in [2.75, 3.05) is 26.2 Å². The Balaban J connectivity index is 0.000000269. The number of hydrogen-bond acceptors (Lipinski definition) is 5. The minimum absolute atomic E-state index is 0.178. The van der Waals surface area contributed by atoms with E-state index in [0.717, 1.165) is 46.5 Å². The molecule has 0 fully saturated rings. The van der Waals surface area contributed by atoms with Gasteiger partial charge in [0, 0.05) is 6.54 Å². The molecule has 0 spiro atoms. The van der Waals surface area contributed by atoms with Crippen molar-refractivity contribution < 1.29 is 9.13 Å². The van der Waals surface area contributed by atoms with Crippen molar-refractivity contribution in [2.45, 2.75) is 18.2 Å². The first-order valence-electron chi connectivity index (χ1n) is 8.27. The summed E-state index contributed by atoms with van der Waals surface area (Å²) in [5, 5.41) is 0. The van der Waals surface area contributed by atoms with Crippen LogP contribution in [0.4, 0.5) is 4.39 Å². The lowest BCUT2D eigenvalue weighted by atomic mass is 10.3. The highest BCUT2D eigenvalue weighted by atomic mass is 32.2. The van der Waals surface area contributed by atoms with Gasteiger partial charge in [-0.3, -0.25) is 0 Å². The lowest BCUT2D eigenvalue weighted by molar-refractivity contribution is 0.223. The van der Waals surface area contributed by atoms with Crippen molar-refractivity contribution in [1.29, 1.82) is 0 Å². The molecule has 0 amide bonds. The molecular weight excluding hydrogens is 355 g/mol. The van der Waals surface area contributed by atoms with E-state index in [-0.39, 0.29) is 5.82 Å².